The van der Waals surface area contributed by atoms with Gasteiger partial charge < -0.3 is 0 Å². The number of hydrogen-bond acceptors (Lipinski definition) is 2. The molecule has 3 rings (SSSR count). The monoisotopic (exact) mass is 313 g/mol. The molecule has 0 amide bonds. The van der Waals surface area contributed by atoms with Crippen molar-refractivity contribution in [2.24, 2.45) is 0 Å². The van der Waals surface area contributed by atoms with Crippen molar-refractivity contribution < 1.29 is 0 Å². The normalized spacial score (nSPS) is 10.5. The first-order valence-electron chi connectivity index (χ1n) is 5.89. The van der Waals surface area contributed by atoms with E-state index < -0.39 is 0 Å². The molecule has 0 aliphatic carbocycles. The molecule has 0 fully saturated rings. The topological polar surface area (TPSA) is 41.1 Å². The van der Waals surface area contributed by atoms with Crippen molar-refractivity contribution in [3.63, 3.8) is 0 Å². The summed E-state index contributed by atoms with van der Waals surface area (Å²) in [4.78, 5) is 6.96. The molecule has 0 saturated carbocycles. The van der Waals surface area contributed by atoms with E-state index >= 15 is 0 Å². The van der Waals surface area contributed by atoms with Crippen molar-refractivity contribution in [3.05, 3.63) is 54.2 Å². The zero-order valence-corrected chi connectivity index (χ0v) is 12.1. The second-order valence-corrected chi connectivity index (χ2v) is 5.88. The Hall–Kier alpha value is -2.08. The summed E-state index contributed by atoms with van der Waals surface area (Å²) in [5.74, 6) is 0. The molecule has 0 aliphatic rings. The molecular weight excluding hydrogens is 301 g/mol. The first-order valence-corrected chi connectivity index (χ1v) is 7.61. The number of fused-ring (bicyclic) bond motifs is 1. The Morgan fingerprint density at radius 2 is 1.95 bits per heavy atom. The second-order valence-electron chi connectivity index (χ2n) is 4.26. The number of nitriles is 1. The minimum atomic E-state index is -0.238. The molecule has 0 unspecified atom stereocenters. The number of nitrogens with zero attached hydrogens (tertiary/aromatic N) is 3. The molecule has 0 radical (unpaired) electrons. The van der Waals surface area contributed by atoms with E-state index in [4.69, 9.17) is 5.26 Å². The Kier molecular flexibility index (Phi) is 3.08. The number of aryl methyl sites for hydroxylation is 1. The summed E-state index contributed by atoms with van der Waals surface area (Å²) in [6.07, 6.45) is 2.04. The van der Waals surface area contributed by atoms with E-state index in [-0.39, 0.29) is 15.0 Å². The zero-order chi connectivity index (χ0) is 13.2. The number of aromatic nitrogens is 2. The van der Waals surface area contributed by atoms with Crippen molar-refractivity contribution >= 4 is 25.2 Å². The molecule has 4 heteroatoms. The van der Waals surface area contributed by atoms with Crippen LogP contribution in [-0.2, 0) is 0 Å². The van der Waals surface area contributed by atoms with Crippen LogP contribution in [0.4, 0.5) is 0 Å². The van der Waals surface area contributed by atoms with Crippen molar-refractivity contribution in [1.82, 2.24) is 9.38 Å². The summed E-state index contributed by atoms with van der Waals surface area (Å²) >= 11 is -0.238. The molecule has 2 heterocycles. The van der Waals surface area contributed by atoms with Gasteiger partial charge in [-0.1, -0.05) is 0 Å². The van der Waals surface area contributed by atoms with Gasteiger partial charge in [0.05, 0.1) is 0 Å². The third-order valence-electron chi connectivity index (χ3n) is 2.91. The molecule has 0 atom stereocenters. The molecule has 2 aromatic heterocycles. The Morgan fingerprint density at radius 3 is 2.68 bits per heavy atom. The van der Waals surface area contributed by atoms with E-state index in [1.165, 1.54) is 5.56 Å². The molecule has 0 spiro atoms. The fraction of sp³-hybridized carbons (Fsp3) is 0.0667. The van der Waals surface area contributed by atoms with E-state index in [1.54, 1.807) is 0 Å². The average Bonchev–Trinajstić information content (AvgIpc) is 2.79. The van der Waals surface area contributed by atoms with E-state index in [0.29, 0.717) is 0 Å². The van der Waals surface area contributed by atoms with Crippen molar-refractivity contribution in [1.29, 1.82) is 5.26 Å². The first kappa shape index (κ1) is 12.0. The van der Waals surface area contributed by atoms with Gasteiger partial charge in [0.15, 0.2) is 0 Å². The molecule has 0 saturated heterocycles. The van der Waals surface area contributed by atoms with Crippen LogP contribution in [0.1, 0.15) is 5.56 Å². The third kappa shape index (κ3) is 2.15. The Bertz CT molecular complexity index is 769. The van der Waals surface area contributed by atoms with E-state index in [2.05, 4.69) is 9.95 Å². The van der Waals surface area contributed by atoms with Crippen LogP contribution >= 0.6 is 0 Å². The summed E-state index contributed by atoms with van der Waals surface area (Å²) in [5, 5.41) is 9.07. The first-order chi connectivity index (χ1) is 9.29. The van der Waals surface area contributed by atoms with Crippen LogP contribution in [0.25, 0.3) is 16.9 Å². The van der Waals surface area contributed by atoms with Crippen LogP contribution in [0.5, 0.6) is 0 Å². The van der Waals surface area contributed by atoms with Gasteiger partial charge in [-0.25, -0.2) is 0 Å². The minimum absolute atomic E-state index is 0.238. The van der Waals surface area contributed by atoms with Crippen LogP contribution in [0, 0.1) is 17.2 Å². The number of pyridine rings is 1. The van der Waals surface area contributed by atoms with Crippen LogP contribution in [0.3, 0.4) is 0 Å². The summed E-state index contributed by atoms with van der Waals surface area (Å²) < 4.78 is 3.06. The van der Waals surface area contributed by atoms with Gasteiger partial charge in [-0.05, 0) is 0 Å². The van der Waals surface area contributed by atoms with Gasteiger partial charge >= 0.3 is 117 Å². The summed E-state index contributed by atoms with van der Waals surface area (Å²) in [6.45, 7) is 2.05. The van der Waals surface area contributed by atoms with E-state index in [9.17, 15) is 0 Å². The number of imidazole rings is 1. The predicted octanol–water partition coefficient (Wildman–Crippen LogP) is 2.12. The zero-order valence-electron chi connectivity index (χ0n) is 10.4. The summed E-state index contributed by atoms with van der Waals surface area (Å²) in [5.41, 5.74) is 4.06. The quantitative estimate of drug-likeness (QED) is 0.680. The van der Waals surface area contributed by atoms with Gasteiger partial charge in [0.25, 0.3) is 0 Å². The predicted molar refractivity (Wildman–Crippen MR) is 76.4 cm³/mol. The van der Waals surface area contributed by atoms with Crippen molar-refractivity contribution in [2.75, 3.05) is 0 Å². The van der Waals surface area contributed by atoms with Gasteiger partial charge in [0, 0.05) is 0 Å². The average molecular weight is 312 g/mol. The molecule has 3 aromatic rings. The number of hydrogen-bond donors (Lipinski definition) is 0. The number of benzene rings is 1. The van der Waals surface area contributed by atoms with E-state index in [0.717, 1.165) is 21.5 Å². The van der Waals surface area contributed by atoms with Gasteiger partial charge in [-0.2, -0.15) is 0 Å². The summed E-state index contributed by atoms with van der Waals surface area (Å²) in [6, 6.07) is 14.1. The SMILES string of the molecule is Cc1ccc2nc(-c3ccccc3)c([Se]C#N)n2c1. The van der Waals surface area contributed by atoms with Crippen molar-refractivity contribution in [2.45, 2.75) is 6.92 Å². The Balaban J connectivity index is 2.30. The Morgan fingerprint density at radius 1 is 1.16 bits per heavy atom. The molecule has 0 N–H and O–H groups in total. The van der Waals surface area contributed by atoms with Crippen LogP contribution in [0.15, 0.2) is 48.7 Å². The van der Waals surface area contributed by atoms with Crippen LogP contribution in [-0.4, -0.2) is 24.3 Å². The molecular formula is C15H11N3Se. The van der Waals surface area contributed by atoms with Crippen LogP contribution < -0.4 is 4.59 Å². The summed E-state index contributed by atoms with van der Waals surface area (Å²) in [7, 11) is 0. The fourth-order valence-corrected chi connectivity index (χ4v) is 3.29. The molecule has 19 heavy (non-hydrogen) atoms. The maximum absolute atomic E-state index is 9.07. The molecule has 0 bridgehead atoms. The second kappa shape index (κ2) is 4.89. The third-order valence-corrected chi connectivity index (χ3v) is 4.33. The van der Waals surface area contributed by atoms with Gasteiger partial charge in [-0.15, -0.1) is 0 Å². The molecule has 3 nitrogen and oxygen atoms in total. The van der Waals surface area contributed by atoms with Gasteiger partial charge in [-0.3, -0.25) is 0 Å². The van der Waals surface area contributed by atoms with Gasteiger partial charge in [0.1, 0.15) is 0 Å². The molecule has 92 valence electrons. The molecule has 0 aliphatic heterocycles. The maximum atomic E-state index is 9.07. The molecule has 1 aromatic carbocycles. The number of rotatable bonds is 2. The standard InChI is InChI=1S/C15H11N3Se/c1-11-7-8-13-17-14(12-5-3-2-4-6-12)15(19-10-16)18(13)9-11/h2-9H,1H3. The van der Waals surface area contributed by atoms with Crippen LogP contribution in [0.2, 0.25) is 0 Å². The fourth-order valence-electron chi connectivity index (χ4n) is 2.05. The van der Waals surface area contributed by atoms with E-state index in [1.807, 2.05) is 60.0 Å². The van der Waals surface area contributed by atoms with Gasteiger partial charge in [0.2, 0.25) is 0 Å². The van der Waals surface area contributed by atoms with Crippen molar-refractivity contribution in [3.8, 4) is 16.2 Å². The Labute approximate surface area is 117 Å².